The third-order valence-electron chi connectivity index (χ3n) is 3.61. The average molecular weight is 417 g/mol. The maximum Gasteiger partial charge on any atom is 0.337 e. The van der Waals surface area contributed by atoms with Crippen molar-refractivity contribution in [2.24, 2.45) is 0 Å². The third kappa shape index (κ3) is 4.46. The normalized spacial score (nSPS) is 10.5. The molecule has 8 nitrogen and oxygen atoms in total. The largest absolute Gasteiger partial charge is 0.465 e. The molecular weight excluding hydrogens is 402 g/mol. The predicted molar refractivity (Wildman–Crippen MR) is 106 cm³/mol. The van der Waals surface area contributed by atoms with Crippen LogP contribution in [-0.4, -0.2) is 47.8 Å². The SMILES string of the molecule is COC(=O)c1cc(NC(=O)CSc2ncnc3ccsc23)cc(C(=O)OC)c1. The zero-order valence-corrected chi connectivity index (χ0v) is 16.6. The van der Waals surface area contributed by atoms with Crippen molar-refractivity contribution in [1.29, 1.82) is 0 Å². The van der Waals surface area contributed by atoms with Gasteiger partial charge in [-0.15, -0.1) is 11.3 Å². The fourth-order valence-corrected chi connectivity index (χ4v) is 4.12. The molecule has 2 heterocycles. The summed E-state index contributed by atoms with van der Waals surface area (Å²) in [5.41, 5.74) is 1.38. The summed E-state index contributed by atoms with van der Waals surface area (Å²) in [6.07, 6.45) is 1.46. The van der Waals surface area contributed by atoms with Gasteiger partial charge < -0.3 is 14.8 Å². The number of hydrogen-bond donors (Lipinski definition) is 1. The zero-order valence-electron chi connectivity index (χ0n) is 14.9. The number of thiophene rings is 1. The van der Waals surface area contributed by atoms with E-state index < -0.39 is 11.9 Å². The van der Waals surface area contributed by atoms with Crippen LogP contribution >= 0.6 is 23.1 Å². The molecule has 0 atom stereocenters. The smallest absolute Gasteiger partial charge is 0.337 e. The van der Waals surface area contributed by atoms with Gasteiger partial charge in [0, 0.05) is 5.69 Å². The maximum atomic E-state index is 12.4. The molecule has 0 unspecified atom stereocenters. The number of aromatic nitrogens is 2. The zero-order chi connectivity index (χ0) is 20.1. The maximum absolute atomic E-state index is 12.4. The summed E-state index contributed by atoms with van der Waals surface area (Å²) < 4.78 is 10.3. The number of esters is 2. The van der Waals surface area contributed by atoms with E-state index in [1.54, 1.807) is 0 Å². The molecule has 144 valence electrons. The minimum Gasteiger partial charge on any atom is -0.465 e. The molecule has 10 heteroatoms. The van der Waals surface area contributed by atoms with E-state index in [1.165, 1.54) is 61.8 Å². The molecule has 0 saturated heterocycles. The van der Waals surface area contributed by atoms with Crippen LogP contribution in [0.2, 0.25) is 0 Å². The number of carbonyl (C=O) groups is 3. The van der Waals surface area contributed by atoms with Gasteiger partial charge in [0.2, 0.25) is 5.91 Å². The number of hydrogen-bond acceptors (Lipinski definition) is 9. The number of ether oxygens (including phenoxy) is 2. The standard InChI is InChI=1S/C18H15N3O5S2/c1-25-17(23)10-5-11(18(24)26-2)7-12(6-10)21-14(22)8-28-16-15-13(3-4-27-15)19-9-20-16/h3-7,9H,8H2,1-2H3,(H,21,22). The summed E-state index contributed by atoms with van der Waals surface area (Å²) in [5.74, 6) is -1.47. The highest BCUT2D eigenvalue weighted by Gasteiger charge is 2.15. The van der Waals surface area contributed by atoms with E-state index in [-0.39, 0.29) is 28.5 Å². The fraction of sp³-hybridized carbons (Fsp3) is 0.167. The summed E-state index contributed by atoms with van der Waals surface area (Å²) >= 11 is 2.78. The Morgan fingerprint density at radius 3 is 2.39 bits per heavy atom. The number of anilines is 1. The Morgan fingerprint density at radius 2 is 1.75 bits per heavy atom. The topological polar surface area (TPSA) is 107 Å². The quantitative estimate of drug-likeness (QED) is 0.370. The summed E-state index contributed by atoms with van der Waals surface area (Å²) in [6, 6.07) is 6.10. The van der Waals surface area contributed by atoms with Gasteiger partial charge in [0.25, 0.3) is 0 Å². The van der Waals surface area contributed by atoms with Crippen LogP contribution in [0.25, 0.3) is 10.2 Å². The molecule has 1 aromatic carbocycles. The summed E-state index contributed by atoms with van der Waals surface area (Å²) in [5, 5.41) is 5.31. The van der Waals surface area contributed by atoms with Crippen LogP contribution in [0.15, 0.2) is 41.0 Å². The molecule has 0 spiro atoms. The van der Waals surface area contributed by atoms with E-state index in [0.717, 1.165) is 10.2 Å². The number of benzene rings is 1. The molecular formula is C18H15N3O5S2. The first-order chi connectivity index (χ1) is 13.5. The van der Waals surface area contributed by atoms with E-state index in [9.17, 15) is 14.4 Å². The number of amides is 1. The van der Waals surface area contributed by atoms with Crippen LogP contribution in [-0.2, 0) is 14.3 Å². The first kappa shape index (κ1) is 19.8. The summed E-state index contributed by atoms with van der Waals surface area (Å²) in [4.78, 5) is 44.4. The van der Waals surface area contributed by atoms with Gasteiger partial charge in [0.1, 0.15) is 11.4 Å². The summed E-state index contributed by atoms with van der Waals surface area (Å²) in [6.45, 7) is 0. The van der Waals surface area contributed by atoms with Gasteiger partial charge in [-0.25, -0.2) is 19.6 Å². The van der Waals surface area contributed by atoms with Crippen molar-refractivity contribution in [2.45, 2.75) is 5.03 Å². The fourth-order valence-electron chi connectivity index (χ4n) is 2.37. The van der Waals surface area contributed by atoms with Gasteiger partial charge in [-0.2, -0.15) is 0 Å². The minimum atomic E-state index is -0.628. The molecule has 0 fully saturated rings. The molecule has 0 aliphatic carbocycles. The van der Waals surface area contributed by atoms with Crippen molar-refractivity contribution < 1.29 is 23.9 Å². The van der Waals surface area contributed by atoms with Crippen LogP contribution in [0, 0.1) is 0 Å². The molecule has 3 rings (SSSR count). The number of nitrogens with zero attached hydrogens (tertiary/aromatic N) is 2. The lowest BCUT2D eigenvalue weighted by Gasteiger charge is -2.09. The lowest BCUT2D eigenvalue weighted by molar-refractivity contribution is -0.113. The second-order valence-corrected chi connectivity index (χ2v) is 7.31. The highest BCUT2D eigenvalue weighted by molar-refractivity contribution is 8.00. The van der Waals surface area contributed by atoms with Crippen molar-refractivity contribution in [3.63, 3.8) is 0 Å². The Bertz CT molecular complexity index is 1020. The number of methoxy groups -OCH3 is 2. The third-order valence-corrected chi connectivity index (χ3v) is 5.64. The molecule has 28 heavy (non-hydrogen) atoms. The molecule has 1 N–H and O–H groups in total. The molecule has 0 aliphatic heterocycles. The van der Waals surface area contributed by atoms with Gasteiger partial charge in [0.15, 0.2) is 0 Å². The molecule has 0 aliphatic rings. The number of carbonyl (C=O) groups excluding carboxylic acids is 3. The van der Waals surface area contributed by atoms with Crippen LogP contribution in [0.3, 0.4) is 0 Å². The Hall–Kier alpha value is -2.98. The van der Waals surface area contributed by atoms with Gasteiger partial charge >= 0.3 is 11.9 Å². The number of rotatable bonds is 6. The van der Waals surface area contributed by atoms with Gasteiger partial charge in [-0.3, -0.25) is 4.79 Å². The van der Waals surface area contributed by atoms with Gasteiger partial charge in [-0.1, -0.05) is 11.8 Å². The van der Waals surface area contributed by atoms with Crippen LogP contribution < -0.4 is 5.32 Å². The van der Waals surface area contributed by atoms with Crippen molar-refractivity contribution in [3.8, 4) is 0 Å². The molecule has 0 saturated carbocycles. The van der Waals surface area contributed by atoms with Crippen LogP contribution in [0.1, 0.15) is 20.7 Å². The van der Waals surface area contributed by atoms with Crippen molar-refractivity contribution in [2.75, 3.05) is 25.3 Å². The monoisotopic (exact) mass is 417 g/mol. The first-order valence-corrected chi connectivity index (χ1v) is 9.81. The minimum absolute atomic E-state index is 0.0972. The van der Waals surface area contributed by atoms with Crippen molar-refractivity contribution in [1.82, 2.24) is 9.97 Å². The molecule has 2 aromatic heterocycles. The van der Waals surface area contributed by atoms with E-state index in [0.29, 0.717) is 5.03 Å². The van der Waals surface area contributed by atoms with Crippen molar-refractivity contribution >= 4 is 56.8 Å². The number of nitrogens with one attached hydrogen (secondary N) is 1. The molecule has 1 amide bonds. The Kier molecular flexibility index (Phi) is 6.22. The number of thioether (sulfide) groups is 1. The summed E-state index contributed by atoms with van der Waals surface area (Å²) in [7, 11) is 2.46. The van der Waals surface area contributed by atoms with E-state index in [2.05, 4.69) is 24.8 Å². The second kappa shape index (κ2) is 8.81. The van der Waals surface area contributed by atoms with Gasteiger partial charge in [-0.05, 0) is 29.6 Å². The molecule has 3 aromatic rings. The Labute approximate surface area is 168 Å². The number of fused-ring (bicyclic) bond motifs is 1. The predicted octanol–water partition coefficient (Wildman–Crippen LogP) is 3.00. The highest BCUT2D eigenvalue weighted by Crippen LogP contribution is 2.28. The van der Waals surface area contributed by atoms with Crippen LogP contribution in [0.4, 0.5) is 5.69 Å². The Balaban J connectivity index is 1.74. The lowest BCUT2D eigenvalue weighted by atomic mass is 10.1. The first-order valence-electron chi connectivity index (χ1n) is 7.94. The van der Waals surface area contributed by atoms with Crippen molar-refractivity contribution in [3.05, 3.63) is 47.1 Å². The lowest BCUT2D eigenvalue weighted by Crippen LogP contribution is -2.16. The molecule has 0 bridgehead atoms. The second-order valence-electron chi connectivity index (χ2n) is 5.43. The van der Waals surface area contributed by atoms with Gasteiger partial charge in [0.05, 0.1) is 41.3 Å². The Morgan fingerprint density at radius 1 is 1.07 bits per heavy atom. The highest BCUT2D eigenvalue weighted by atomic mass is 32.2. The van der Waals surface area contributed by atoms with E-state index in [1.807, 2.05) is 11.4 Å². The van der Waals surface area contributed by atoms with E-state index in [4.69, 9.17) is 0 Å². The molecule has 0 radical (unpaired) electrons. The average Bonchev–Trinajstić information content (AvgIpc) is 3.20. The van der Waals surface area contributed by atoms with E-state index >= 15 is 0 Å². The van der Waals surface area contributed by atoms with Crippen LogP contribution in [0.5, 0.6) is 0 Å².